The molecule has 0 saturated heterocycles. The molecular formula is C24H25N7O. The van der Waals surface area contributed by atoms with Gasteiger partial charge in [0.25, 0.3) is 5.91 Å². The van der Waals surface area contributed by atoms with Gasteiger partial charge in [0.1, 0.15) is 6.33 Å². The summed E-state index contributed by atoms with van der Waals surface area (Å²) in [6.45, 7) is 3.88. The molecule has 0 aliphatic heterocycles. The Morgan fingerprint density at radius 1 is 1.03 bits per heavy atom. The Bertz CT molecular complexity index is 1260. The number of carbonyl (C=O) groups excluding carboxylic acids is 1. The Morgan fingerprint density at radius 2 is 1.81 bits per heavy atom. The zero-order chi connectivity index (χ0) is 22.1. The number of rotatable bonds is 4. The Kier molecular flexibility index (Phi) is 5.34. The summed E-state index contributed by atoms with van der Waals surface area (Å²) in [5.41, 5.74) is 5.85. The third-order valence-corrected chi connectivity index (χ3v) is 6.22. The fraction of sp³-hybridized carbons (Fsp3) is 0.333. The summed E-state index contributed by atoms with van der Waals surface area (Å²) in [7, 11) is 0. The van der Waals surface area contributed by atoms with Crippen LogP contribution in [0.4, 0.5) is 0 Å². The molecule has 0 unspecified atom stereocenters. The van der Waals surface area contributed by atoms with Crippen LogP contribution in [0, 0.1) is 13.8 Å². The second-order valence-corrected chi connectivity index (χ2v) is 8.38. The second-order valence-electron chi connectivity index (χ2n) is 8.38. The van der Waals surface area contributed by atoms with Gasteiger partial charge in [0.2, 0.25) is 0 Å². The molecule has 1 aromatic carbocycles. The van der Waals surface area contributed by atoms with E-state index in [9.17, 15) is 4.79 Å². The van der Waals surface area contributed by atoms with E-state index in [2.05, 4.69) is 30.4 Å². The average Bonchev–Trinajstić information content (AvgIpc) is 3.31. The first kappa shape index (κ1) is 20.2. The molecule has 32 heavy (non-hydrogen) atoms. The predicted octanol–water partition coefficient (Wildman–Crippen LogP) is 3.81. The lowest BCUT2D eigenvalue weighted by molar-refractivity contribution is 0.0922. The van der Waals surface area contributed by atoms with Crippen molar-refractivity contribution in [2.45, 2.75) is 51.6 Å². The van der Waals surface area contributed by atoms with E-state index in [0.717, 1.165) is 59.4 Å². The van der Waals surface area contributed by atoms with Crippen LogP contribution in [0.15, 0.2) is 49.2 Å². The summed E-state index contributed by atoms with van der Waals surface area (Å²) in [6, 6.07) is 7.90. The van der Waals surface area contributed by atoms with Gasteiger partial charge >= 0.3 is 0 Å². The monoisotopic (exact) mass is 427 g/mol. The van der Waals surface area contributed by atoms with Crippen LogP contribution >= 0.6 is 0 Å². The highest BCUT2D eigenvalue weighted by molar-refractivity contribution is 5.97. The number of aromatic nitrogens is 6. The molecule has 4 aromatic rings. The van der Waals surface area contributed by atoms with Crippen molar-refractivity contribution in [3.8, 4) is 11.3 Å². The number of aryl methyl sites for hydroxylation is 2. The highest BCUT2D eigenvalue weighted by Crippen LogP contribution is 2.29. The van der Waals surface area contributed by atoms with Gasteiger partial charge in [0, 0.05) is 29.6 Å². The van der Waals surface area contributed by atoms with Gasteiger partial charge in [-0.3, -0.25) is 9.48 Å². The maximum atomic E-state index is 12.8. The first-order chi connectivity index (χ1) is 15.6. The quantitative estimate of drug-likeness (QED) is 0.532. The minimum atomic E-state index is -0.0551. The first-order valence-electron chi connectivity index (χ1n) is 10.9. The summed E-state index contributed by atoms with van der Waals surface area (Å²) in [5.74, 6) is -0.0551. The zero-order valence-electron chi connectivity index (χ0n) is 18.2. The highest BCUT2D eigenvalue weighted by Gasteiger charge is 2.24. The standard InChI is InChI=1S/C24H25N7O/c1-15-16(2)29-23-11-17(3-8-22(23)28-15)24(32)30-19-4-6-20(7-5-19)31-13-18(12-27-31)21-9-10-25-14-26-21/h3,8-14,19-20H,4-7H2,1-2H3,(H,30,32). The van der Waals surface area contributed by atoms with Gasteiger partial charge < -0.3 is 5.32 Å². The van der Waals surface area contributed by atoms with E-state index < -0.39 is 0 Å². The minimum Gasteiger partial charge on any atom is -0.349 e. The van der Waals surface area contributed by atoms with Crippen LogP contribution in [-0.4, -0.2) is 41.7 Å². The molecule has 0 atom stereocenters. The molecular weight excluding hydrogens is 402 g/mol. The van der Waals surface area contributed by atoms with E-state index in [1.807, 2.05) is 55.2 Å². The summed E-state index contributed by atoms with van der Waals surface area (Å²) in [6.07, 6.45) is 11.0. The summed E-state index contributed by atoms with van der Waals surface area (Å²) < 4.78 is 2.03. The predicted molar refractivity (Wildman–Crippen MR) is 121 cm³/mol. The van der Waals surface area contributed by atoms with Gasteiger partial charge in [-0.25, -0.2) is 19.9 Å². The van der Waals surface area contributed by atoms with E-state index in [1.54, 1.807) is 12.5 Å². The Labute approximate surface area is 186 Å². The number of hydrogen-bond acceptors (Lipinski definition) is 6. The first-order valence-corrected chi connectivity index (χ1v) is 10.9. The van der Waals surface area contributed by atoms with Crippen LogP contribution in [0.3, 0.4) is 0 Å². The lowest BCUT2D eigenvalue weighted by Crippen LogP contribution is -2.38. The molecule has 0 spiro atoms. The maximum Gasteiger partial charge on any atom is 0.251 e. The molecule has 8 heteroatoms. The molecule has 3 heterocycles. The Morgan fingerprint density at radius 3 is 2.56 bits per heavy atom. The van der Waals surface area contributed by atoms with Crippen LogP contribution in [-0.2, 0) is 0 Å². The number of benzene rings is 1. The number of nitrogens with zero attached hydrogens (tertiary/aromatic N) is 6. The van der Waals surface area contributed by atoms with E-state index in [0.29, 0.717) is 11.6 Å². The third kappa shape index (κ3) is 4.08. The molecule has 1 fully saturated rings. The molecule has 5 rings (SSSR count). The van der Waals surface area contributed by atoms with Crippen molar-refractivity contribution in [3.05, 3.63) is 66.1 Å². The molecule has 1 N–H and O–H groups in total. The lowest BCUT2D eigenvalue weighted by atomic mass is 9.91. The fourth-order valence-electron chi connectivity index (χ4n) is 4.26. The van der Waals surface area contributed by atoms with Crippen molar-refractivity contribution < 1.29 is 4.79 Å². The number of fused-ring (bicyclic) bond motifs is 1. The molecule has 3 aromatic heterocycles. The van der Waals surface area contributed by atoms with Crippen LogP contribution in [0.25, 0.3) is 22.3 Å². The van der Waals surface area contributed by atoms with Crippen molar-refractivity contribution in [1.29, 1.82) is 0 Å². The van der Waals surface area contributed by atoms with Crippen LogP contribution < -0.4 is 5.32 Å². The molecule has 8 nitrogen and oxygen atoms in total. The van der Waals surface area contributed by atoms with Crippen LogP contribution in [0.1, 0.15) is 53.5 Å². The minimum absolute atomic E-state index is 0.0551. The number of hydrogen-bond donors (Lipinski definition) is 1. The number of nitrogens with one attached hydrogen (secondary N) is 1. The summed E-state index contributed by atoms with van der Waals surface area (Å²) >= 11 is 0. The van der Waals surface area contributed by atoms with Gasteiger partial charge in [-0.1, -0.05) is 0 Å². The summed E-state index contributed by atoms with van der Waals surface area (Å²) in [5, 5.41) is 7.74. The van der Waals surface area contributed by atoms with Crippen LogP contribution in [0.2, 0.25) is 0 Å². The largest absolute Gasteiger partial charge is 0.349 e. The van der Waals surface area contributed by atoms with E-state index in [1.165, 1.54) is 0 Å². The fourth-order valence-corrected chi connectivity index (χ4v) is 4.26. The van der Waals surface area contributed by atoms with Crippen LogP contribution in [0.5, 0.6) is 0 Å². The van der Waals surface area contributed by atoms with E-state index in [4.69, 9.17) is 0 Å². The summed E-state index contributed by atoms with van der Waals surface area (Å²) in [4.78, 5) is 30.2. The molecule has 1 aliphatic rings. The highest BCUT2D eigenvalue weighted by atomic mass is 16.1. The van der Waals surface area contributed by atoms with Gasteiger partial charge in [-0.15, -0.1) is 0 Å². The maximum absolute atomic E-state index is 12.8. The van der Waals surface area contributed by atoms with Crippen molar-refractivity contribution in [3.63, 3.8) is 0 Å². The molecule has 0 radical (unpaired) electrons. The second kappa shape index (κ2) is 8.45. The zero-order valence-corrected chi connectivity index (χ0v) is 18.2. The smallest absolute Gasteiger partial charge is 0.251 e. The molecule has 162 valence electrons. The van der Waals surface area contributed by atoms with Crippen molar-refractivity contribution >= 4 is 16.9 Å². The van der Waals surface area contributed by atoms with Gasteiger partial charge in [-0.2, -0.15) is 5.10 Å². The molecule has 0 bridgehead atoms. The van der Waals surface area contributed by atoms with E-state index in [-0.39, 0.29) is 11.9 Å². The van der Waals surface area contributed by atoms with Crippen molar-refractivity contribution in [1.82, 2.24) is 35.0 Å². The number of carbonyl (C=O) groups is 1. The molecule has 1 saturated carbocycles. The lowest BCUT2D eigenvalue weighted by Gasteiger charge is -2.29. The van der Waals surface area contributed by atoms with Gasteiger partial charge in [0.15, 0.2) is 0 Å². The average molecular weight is 428 g/mol. The molecule has 1 amide bonds. The SMILES string of the molecule is Cc1nc2ccc(C(=O)NC3CCC(n4cc(-c5ccncn5)cn4)CC3)cc2nc1C. The van der Waals surface area contributed by atoms with E-state index >= 15 is 0 Å². The molecule has 1 aliphatic carbocycles. The number of amides is 1. The Hall–Kier alpha value is -3.68. The third-order valence-electron chi connectivity index (χ3n) is 6.22. The topological polar surface area (TPSA) is 98.5 Å². The van der Waals surface area contributed by atoms with Crippen molar-refractivity contribution in [2.75, 3.05) is 0 Å². The van der Waals surface area contributed by atoms with Gasteiger partial charge in [-0.05, 0) is 63.8 Å². The van der Waals surface area contributed by atoms with Gasteiger partial charge in [0.05, 0.1) is 40.4 Å². The van der Waals surface area contributed by atoms with Crippen molar-refractivity contribution in [2.24, 2.45) is 0 Å². The normalized spacial score (nSPS) is 18.6. The Balaban J connectivity index is 1.21.